The summed E-state index contributed by atoms with van der Waals surface area (Å²) in [5.74, 6) is 2.86. The Hall–Kier alpha value is -3.09. The normalized spacial score (nSPS) is 14.5. The number of nitrogens with zero attached hydrogens (tertiary/aromatic N) is 3. The smallest absolute Gasteiger partial charge is 0.203 e. The minimum absolute atomic E-state index is 0.548. The first kappa shape index (κ1) is 21.6. The third kappa shape index (κ3) is 5.09. The molecule has 2 aromatic rings. The highest BCUT2D eigenvalue weighted by molar-refractivity contribution is 5.80. The Labute approximate surface area is 179 Å². The number of aliphatic imine (C=N–C) groups is 1. The maximum absolute atomic E-state index is 5.69. The Morgan fingerprint density at radius 1 is 1.00 bits per heavy atom. The SMILES string of the molecule is CCOc1c(OC)cc(CNC(=NC)N2CCN(c3ccccc3)CC2)cc1OC. The van der Waals surface area contributed by atoms with Crippen LogP contribution in [0.2, 0.25) is 0 Å². The summed E-state index contributed by atoms with van der Waals surface area (Å²) in [5.41, 5.74) is 2.31. The quantitative estimate of drug-likeness (QED) is 0.557. The lowest BCUT2D eigenvalue weighted by Crippen LogP contribution is -2.52. The van der Waals surface area contributed by atoms with E-state index in [1.165, 1.54) is 5.69 Å². The zero-order valence-electron chi connectivity index (χ0n) is 18.4. The Balaban J connectivity index is 1.62. The molecule has 0 amide bonds. The average molecular weight is 413 g/mol. The van der Waals surface area contributed by atoms with Gasteiger partial charge >= 0.3 is 0 Å². The van der Waals surface area contributed by atoms with E-state index in [1.807, 2.05) is 26.1 Å². The van der Waals surface area contributed by atoms with E-state index in [0.29, 0.717) is 30.4 Å². The van der Waals surface area contributed by atoms with Gasteiger partial charge in [0, 0.05) is 45.5 Å². The number of guanidine groups is 1. The lowest BCUT2D eigenvalue weighted by Gasteiger charge is -2.37. The second-order valence-corrected chi connectivity index (χ2v) is 6.97. The van der Waals surface area contributed by atoms with Crippen molar-refractivity contribution in [1.29, 1.82) is 0 Å². The van der Waals surface area contributed by atoms with Crippen LogP contribution < -0.4 is 24.4 Å². The number of benzene rings is 2. The second kappa shape index (κ2) is 10.6. The van der Waals surface area contributed by atoms with E-state index in [0.717, 1.165) is 37.7 Å². The molecular formula is C23H32N4O3. The van der Waals surface area contributed by atoms with Crippen molar-refractivity contribution in [3.05, 3.63) is 48.0 Å². The number of hydrogen-bond donors (Lipinski definition) is 1. The molecule has 0 bridgehead atoms. The molecule has 0 atom stereocenters. The zero-order valence-corrected chi connectivity index (χ0v) is 18.4. The molecular weight excluding hydrogens is 380 g/mol. The van der Waals surface area contributed by atoms with Crippen molar-refractivity contribution in [2.24, 2.45) is 4.99 Å². The van der Waals surface area contributed by atoms with Crippen LogP contribution in [0, 0.1) is 0 Å². The van der Waals surface area contributed by atoms with Crippen LogP contribution in [-0.2, 0) is 6.54 Å². The van der Waals surface area contributed by atoms with E-state index in [-0.39, 0.29) is 0 Å². The molecule has 162 valence electrons. The van der Waals surface area contributed by atoms with Gasteiger partial charge in [-0.05, 0) is 36.8 Å². The van der Waals surface area contributed by atoms with E-state index in [4.69, 9.17) is 14.2 Å². The average Bonchev–Trinajstić information content (AvgIpc) is 2.81. The van der Waals surface area contributed by atoms with Gasteiger partial charge in [-0.25, -0.2) is 0 Å². The lowest BCUT2D eigenvalue weighted by molar-refractivity contribution is 0.288. The van der Waals surface area contributed by atoms with Crippen molar-refractivity contribution in [3.63, 3.8) is 0 Å². The lowest BCUT2D eigenvalue weighted by atomic mass is 10.1. The van der Waals surface area contributed by atoms with E-state index >= 15 is 0 Å². The van der Waals surface area contributed by atoms with Crippen molar-refractivity contribution < 1.29 is 14.2 Å². The highest BCUT2D eigenvalue weighted by Gasteiger charge is 2.20. The summed E-state index contributed by atoms with van der Waals surface area (Å²) >= 11 is 0. The fraction of sp³-hybridized carbons (Fsp3) is 0.435. The number of piperazine rings is 1. The molecule has 7 heteroatoms. The number of anilines is 1. The van der Waals surface area contributed by atoms with Gasteiger partial charge in [0.2, 0.25) is 5.75 Å². The molecule has 3 rings (SSSR count). The summed E-state index contributed by atoms with van der Waals surface area (Å²) in [6.07, 6.45) is 0. The molecule has 30 heavy (non-hydrogen) atoms. The number of hydrogen-bond acceptors (Lipinski definition) is 5. The van der Waals surface area contributed by atoms with Crippen LogP contribution in [0.4, 0.5) is 5.69 Å². The highest BCUT2D eigenvalue weighted by atomic mass is 16.5. The number of ether oxygens (including phenoxy) is 3. The second-order valence-electron chi connectivity index (χ2n) is 6.97. The topological polar surface area (TPSA) is 58.6 Å². The van der Waals surface area contributed by atoms with Crippen molar-refractivity contribution in [2.45, 2.75) is 13.5 Å². The van der Waals surface area contributed by atoms with Crippen molar-refractivity contribution in [2.75, 3.05) is 59.0 Å². The standard InChI is InChI=1S/C23H32N4O3/c1-5-30-22-20(28-3)15-18(16-21(22)29-4)17-25-23(24-2)27-13-11-26(12-14-27)19-9-7-6-8-10-19/h6-10,15-16H,5,11-14,17H2,1-4H3,(H,24,25). The summed E-state index contributed by atoms with van der Waals surface area (Å²) < 4.78 is 16.7. The summed E-state index contributed by atoms with van der Waals surface area (Å²) in [6, 6.07) is 14.5. The van der Waals surface area contributed by atoms with Gasteiger partial charge in [-0.3, -0.25) is 4.99 Å². The number of nitrogens with one attached hydrogen (secondary N) is 1. The maximum Gasteiger partial charge on any atom is 0.203 e. The van der Waals surface area contributed by atoms with Gasteiger partial charge in [-0.2, -0.15) is 0 Å². The van der Waals surface area contributed by atoms with Crippen molar-refractivity contribution in [3.8, 4) is 17.2 Å². The maximum atomic E-state index is 5.69. The number of methoxy groups -OCH3 is 2. The number of para-hydroxylation sites is 1. The number of rotatable bonds is 7. The first-order valence-corrected chi connectivity index (χ1v) is 10.3. The van der Waals surface area contributed by atoms with E-state index in [9.17, 15) is 0 Å². The third-order valence-corrected chi connectivity index (χ3v) is 5.17. The van der Waals surface area contributed by atoms with Gasteiger partial charge in [0.1, 0.15) is 0 Å². The Morgan fingerprint density at radius 3 is 2.17 bits per heavy atom. The van der Waals surface area contributed by atoms with Crippen LogP contribution in [0.3, 0.4) is 0 Å². The van der Waals surface area contributed by atoms with E-state index < -0.39 is 0 Å². The highest BCUT2D eigenvalue weighted by Crippen LogP contribution is 2.38. The predicted molar refractivity (Wildman–Crippen MR) is 121 cm³/mol. The van der Waals surface area contributed by atoms with Crippen LogP contribution in [0.1, 0.15) is 12.5 Å². The summed E-state index contributed by atoms with van der Waals surface area (Å²) in [6.45, 7) is 6.88. The van der Waals surface area contributed by atoms with Gasteiger partial charge in [-0.1, -0.05) is 18.2 Å². The van der Waals surface area contributed by atoms with Gasteiger partial charge in [0.05, 0.1) is 20.8 Å². The Bertz CT molecular complexity index is 809. The zero-order chi connectivity index (χ0) is 21.3. The molecule has 1 aliphatic rings. The molecule has 0 radical (unpaired) electrons. The monoisotopic (exact) mass is 412 g/mol. The fourth-order valence-corrected chi connectivity index (χ4v) is 3.65. The molecule has 1 N–H and O–H groups in total. The van der Waals surface area contributed by atoms with Gasteiger partial charge in [0.25, 0.3) is 0 Å². The van der Waals surface area contributed by atoms with Crippen LogP contribution in [-0.4, -0.2) is 64.9 Å². The molecule has 2 aromatic carbocycles. The fourth-order valence-electron chi connectivity index (χ4n) is 3.65. The van der Waals surface area contributed by atoms with Gasteiger partial charge in [-0.15, -0.1) is 0 Å². The van der Waals surface area contributed by atoms with E-state index in [2.05, 4.69) is 50.4 Å². The molecule has 0 unspecified atom stereocenters. The van der Waals surface area contributed by atoms with Crippen LogP contribution in [0.15, 0.2) is 47.5 Å². The third-order valence-electron chi connectivity index (χ3n) is 5.17. The molecule has 1 saturated heterocycles. The van der Waals surface area contributed by atoms with Gasteiger partial charge < -0.3 is 29.3 Å². The Morgan fingerprint density at radius 2 is 1.63 bits per heavy atom. The minimum Gasteiger partial charge on any atom is -0.493 e. The molecule has 0 saturated carbocycles. The molecule has 7 nitrogen and oxygen atoms in total. The summed E-state index contributed by atoms with van der Waals surface area (Å²) in [5, 5.41) is 3.47. The molecule has 0 aliphatic carbocycles. The van der Waals surface area contributed by atoms with Crippen molar-refractivity contribution >= 4 is 11.6 Å². The summed E-state index contributed by atoms with van der Waals surface area (Å²) in [4.78, 5) is 9.19. The molecule has 1 fully saturated rings. The first-order chi connectivity index (χ1) is 14.7. The van der Waals surface area contributed by atoms with Crippen LogP contribution in [0.25, 0.3) is 0 Å². The molecule has 0 spiro atoms. The van der Waals surface area contributed by atoms with Crippen molar-refractivity contribution in [1.82, 2.24) is 10.2 Å². The first-order valence-electron chi connectivity index (χ1n) is 10.3. The van der Waals surface area contributed by atoms with E-state index in [1.54, 1.807) is 14.2 Å². The van der Waals surface area contributed by atoms with Crippen LogP contribution >= 0.6 is 0 Å². The molecule has 1 aliphatic heterocycles. The largest absolute Gasteiger partial charge is 0.493 e. The Kier molecular flexibility index (Phi) is 7.65. The minimum atomic E-state index is 0.548. The summed E-state index contributed by atoms with van der Waals surface area (Å²) in [7, 11) is 5.10. The predicted octanol–water partition coefficient (Wildman–Crippen LogP) is 3.00. The molecule has 0 aromatic heterocycles. The molecule has 1 heterocycles. The van der Waals surface area contributed by atoms with Gasteiger partial charge in [0.15, 0.2) is 17.5 Å². The van der Waals surface area contributed by atoms with Crippen LogP contribution in [0.5, 0.6) is 17.2 Å².